The summed E-state index contributed by atoms with van der Waals surface area (Å²) in [5, 5.41) is 3.84. The van der Waals surface area contributed by atoms with E-state index in [0.29, 0.717) is 6.04 Å². The van der Waals surface area contributed by atoms with Crippen LogP contribution in [0.2, 0.25) is 0 Å². The van der Waals surface area contributed by atoms with Crippen molar-refractivity contribution in [1.29, 1.82) is 0 Å². The van der Waals surface area contributed by atoms with Crippen LogP contribution in [-0.4, -0.2) is 49.4 Å². The standard InChI is InChI=1S/C21H32N2O2/c1-3-17-12-20(17)22-18-13-21(25-15-18)8-10-23(11-9-21)14-16-4-6-19(24-2)7-5-16/h4-7,17-18,20,22H,3,8-15H2,1-2H3/t17-,18?,20-/m1/s1. The minimum absolute atomic E-state index is 0.144. The molecule has 1 spiro atoms. The molecule has 0 bridgehead atoms. The van der Waals surface area contributed by atoms with Crippen LogP contribution in [-0.2, 0) is 11.3 Å². The van der Waals surface area contributed by atoms with Crippen LogP contribution in [0.15, 0.2) is 24.3 Å². The van der Waals surface area contributed by atoms with E-state index in [0.717, 1.165) is 44.0 Å². The molecule has 1 aliphatic carbocycles. The molecule has 0 aromatic heterocycles. The van der Waals surface area contributed by atoms with Gasteiger partial charge in [0.25, 0.3) is 0 Å². The first-order chi connectivity index (χ1) is 12.2. The van der Waals surface area contributed by atoms with Crippen molar-refractivity contribution in [3.63, 3.8) is 0 Å². The van der Waals surface area contributed by atoms with Crippen molar-refractivity contribution in [3.8, 4) is 5.75 Å². The molecule has 2 saturated heterocycles. The third-order valence-corrected chi connectivity index (χ3v) is 6.44. The molecule has 1 unspecified atom stereocenters. The summed E-state index contributed by atoms with van der Waals surface area (Å²) in [6.45, 7) is 6.52. The lowest BCUT2D eigenvalue weighted by molar-refractivity contribution is -0.0449. The number of likely N-dealkylation sites (tertiary alicyclic amines) is 1. The number of piperidine rings is 1. The Hall–Kier alpha value is -1.10. The Morgan fingerprint density at radius 2 is 2.00 bits per heavy atom. The molecule has 4 heteroatoms. The van der Waals surface area contributed by atoms with Gasteiger partial charge in [-0.1, -0.05) is 25.5 Å². The Morgan fingerprint density at radius 1 is 1.24 bits per heavy atom. The molecule has 2 aliphatic heterocycles. The van der Waals surface area contributed by atoms with Gasteiger partial charge in [0.05, 0.1) is 19.3 Å². The number of hydrogen-bond acceptors (Lipinski definition) is 4. The molecular formula is C21H32N2O2. The fourth-order valence-electron chi connectivity index (χ4n) is 4.61. The second-order valence-electron chi connectivity index (χ2n) is 8.20. The molecule has 1 aromatic rings. The quantitative estimate of drug-likeness (QED) is 0.859. The summed E-state index contributed by atoms with van der Waals surface area (Å²) in [5.74, 6) is 1.85. The highest BCUT2D eigenvalue weighted by Crippen LogP contribution is 2.39. The van der Waals surface area contributed by atoms with Crippen molar-refractivity contribution in [2.75, 3.05) is 26.8 Å². The first-order valence-corrected chi connectivity index (χ1v) is 9.95. The average molecular weight is 344 g/mol. The highest BCUT2D eigenvalue weighted by Gasteiger charge is 2.45. The monoisotopic (exact) mass is 344 g/mol. The Kier molecular flexibility index (Phi) is 5.03. The summed E-state index contributed by atoms with van der Waals surface area (Å²) in [6.07, 6.45) is 6.23. The number of rotatable bonds is 6. The minimum atomic E-state index is 0.144. The zero-order chi connectivity index (χ0) is 17.3. The maximum Gasteiger partial charge on any atom is 0.118 e. The molecule has 2 heterocycles. The molecular weight excluding hydrogens is 312 g/mol. The van der Waals surface area contributed by atoms with Gasteiger partial charge in [-0.05, 0) is 49.3 Å². The molecule has 25 heavy (non-hydrogen) atoms. The predicted octanol–water partition coefficient (Wildman–Crippen LogP) is 3.21. The molecule has 1 aromatic carbocycles. The molecule has 3 aliphatic rings. The van der Waals surface area contributed by atoms with E-state index in [9.17, 15) is 0 Å². The van der Waals surface area contributed by atoms with Crippen molar-refractivity contribution in [3.05, 3.63) is 29.8 Å². The average Bonchev–Trinajstić information content (AvgIpc) is 3.29. The van der Waals surface area contributed by atoms with Gasteiger partial charge in [0.15, 0.2) is 0 Å². The van der Waals surface area contributed by atoms with Crippen molar-refractivity contribution in [1.82, 2.24) is 10.2 Å². The van der Waals surface area contributed by atoms with E-state index in [1.54, 1.807) is 7.11 Å². The summed E-state index contributed by atoms with van der Waals surface area (Å²) in [7, 11) is 1.72. The number of benzene rings is 1. The highest BCUT2D eigenvalue weighted by molar-refractivity contribution is 5.27. The molecule has 4 nitrogen and oxygen atoms in total. The summed E-state index contributed by atoms with van der Waals surface area (Å²) < 4.78 is 11.6. The van der Waals surface area contributed by atoms with Crippen molar-refractivity contribution in [2.24, 2.45) is 5.92 Å². The van der Waals surface area contributed by atoms with Gasteiger partial charge in [-0.3, -0.25) is 4.90 Å². The van der Waals surface area contributed by atoms with E-state index < -0.39 is 0 Å². The Balaban J connectivity index is 1.24. The number of nitrogens with zero attached hydrogens (tertiary/aromatic N) is 1. The largest absolute Gasteiger partial charge is 0.497 e. The van der Waals surface area contributed by atoms with E-state index in [2.05, 4.69) is 41.4 Å². The van der Waals surface area contributed by atoms with Gasteiger partial charge in [-0.15, -0.1) is 0 Å². The number of ether oxygens (including phenoxy) is 2. The highest BCUT2D eigenvalue weighted by atomic mass is 16.5. The summed E-state index contributed by atoms with van der Waals surface area (Å²) >= 11 is 0. The minimum Gasteiger partial charge on any atom is -0.497 e. The van der Waals surface area contributed by atoms with E-state index in [1.807, 2.05) is 0 Å². The lowest BCUT2D eigenvalue weighted by Gasteiger charge is -2.38. The fourth-order valence-corrected chi connectivity index (χ4v) is 4.61. The lowest BCUT2D eigenvalue weighted by atomic mass is 9.87. The molecule has 1 saturated carbocycles. The molecule has 1 N–H and O–H groups in total. The summed E-state index contributed by atoms with van der Waals surface area (Å²) in [6, 6.07) is 9.81. The van der Waals surface area contributed by atoms with Crippen LogP contribution >= 0.6 is 0 Å². The molecule has 0 amide bonds. The molecule has 138 valence electrons. The van der Waals surface area contributed by atoms with Crippen molar-refractivity contribution in [2.45, 2.75) is 63.3 Å². The molecule has 0 radical (unpaired) electrons. The zero-order valence-electron chi connectivity index (χ0n) is 15.7. The Morgan fingerprint density at radius 3 is 2.64 bits per heavy atom. The number of methoxy groups -OCH3 is 1. The van der Waals surface area contributed by atoms with E-state index in [-0.39, 0.29) is 5.60 Å². The van der Waals surface area contributed by atoms with Gasteiger partial charge in [-0.25, -0.2) is 0 Å². The van der Waals surface area contributed by atoms with Gasteiger partial charge in [-0.2, -0.15) is 0 Å². The third-order valence-electron chi connectivity index (χ3n) is 6.44. The van der Waals surface area contributed by atoms with Crippen LogP contribution in [0.1, 0.15) is 44.6 Å². The topological polar surface area (TPSA) is 33.7 Å². The van der Waals surface area contributed by atoms with Crippen LogP contribution in [0, 0.1) is 5.92 Å². The number of hydrogen-bond donors (Lipinski definition) is 1. The van der Waals surface area contributed by atoms with Gasteiger partial charge >= 0.3 is 0 Å². The Bertz CT molecular complexity index is 566. The van der Waals surface area contributed by atoms with Crippen LogP contribution in [0.25, 0.3) is 0 Å². The van der Waals surface area contributed by atoms with Crippen molar-refractivity contribution < 1.29 is 9.47 Å². The van der Waals surface area contributed by atoms with Crippen LogP contribution in [0.4, 0.5) is 0 Å². The second kappa shape index (κ2) is 7.26. The van der Waals surface area contributed by atoms with Gasteiger partial charge in [0.1, 0.15) is 5.75 Å². The van der Waals surface area contributed by atoms with Gasteiger partial charge in [0, 0.05) is 31.7 Å². The molecule has 3 atom stereocenters. The third kappa shape index (κ3) is 4.02. The first-order valence-electron chi connectivity index (χ1n) is 9.95. The van der Waals surface area contributed by atoms with Crippen molar-refractivity contribution >= 4 is 0 Å². The van der Waals surface area contributed by atoms with Gasteiger partial charge in [0.2, 0.25) is 0 Å². The smallest absolute Gasteiger partial charge is 0.118 e. The van der Waals surface area contributed by atoms with E-state index in [1.165, 1.54) is 37.7 Å². The fraction of sp³-hybridized carbons (Fsp3) is 0.714. The Labute approximate surface area is 151 Å². The van der Waals surface area contributed by atoms with Crippen LogP contribution in [0.3, 0.4) is 0 Å². The van der Waals surface area contributed by atoms with Crippen LogP contribution in [0.5, 0.6) is 5.75 Å². The summed E-state index contributed by atoms with van der Waals surface area (Å²) in [4.78, 5) is 2.56. The lowest BCUT2D eigenvalue weighted by Crippen LogP contribution is -2.44. The molecule has 4 rings (SSSR count). The SMILES string of the molecule is CC[C@@H]1C[C@H]1NC1COC2(CCN(Cc3ccc(OC)cc3)CC2)C1. The van der Waals surface area contributed by atoms with E-state index >= 15 is 0 Å². The second-order valence-corrected chi connectivity index (χ2v) is 8.20. The van der Waals surface area contributed by atoms with E-state index in [4.69, 9.17) is 9.47 Å². The zero-order valence-corrected chi connectivity index (χ0v) is 15.7. The predicted molar refractivity (Wildman–Crippen MR) is 99.9 cm³/mol. The number of nitrogens with one attached hydrogen (secondary N) is 1. The molecule has 3 fully saturated rings. The maximum absolute atomic E-state index is 6.31. The first kappa shape index (κ1) is 17.3. The maximum atomic E-state index is 6.31. The van der Waals surface area contributed by atoms with Crippen LogP contribution < -0.4 is 10.1 Å². The normalized spacial score (nSPS) is 31.4. The summed E-state index contributed by atoms with van der Waals surface area (Å²) in [5.41, 5.74) is 1.51. The van der Waals surface area contributed by atoms with Gasteiger partial charge < -0.3 is 14.8 Å².